The number of hydrogen-bond acceptors (Lipinski definition) is 1. The van der Waals surface area contributed by atoms with Gasteiger partial charge in [-0.05, 0) is 24.3 Å². The van der Waals surface area contributed by atoms with Crippen molar-refractivity contribution in [3.8, 4) is 0 Å². The molecule has 106 valence electrons. The van der Waals surface area contributed by atoms with E-state index in [4.69, 9.17) is 11.6 Å². The average Bonchev–Trinajstić information content (AvgIpc) is 2.37. The van der Waals surface area contributed by atoms with E-state index in [-0.39, 0.29) is 22.0 Å². The Balaban J connectivity index is 2.54. The van der Waals surface area contributed by atoms with Crippen LogP contribution in [-0.4, -0.2) is 17.9 Å². The zero-order chi connectivity index (χ0) is 14.9. The highest BCUT2D eigenvalue weighted by atomic mass is 35.5. The molecule has 2 rings (SSSR count). The molecule has 0 saturated carbocycles. The van der Waals surface area contributed by atoms with Crippen molar-refractivity contribution in [2.24, 2.45) is 0 Å². The summed E-state index contributed by atoms with van der Waals surface area (Å²) in [6.45, 7) is 2.82. The highest BCUT2D eigenvalue weighted by Crippen LogP contribution is 2.34. The van der Waals surface area contributed by atoms with Crippen molar-refractivity contribution in [3.05, 3.63) is 64.9 Å². The van der Waals surface area contributed by atoms with Crippen LogP contribution in [0.5, 0.6) is 0 Å². The fourth-order valence-electron chi connectivity index (χ4n) is 1.92. The molecule has 1 aliphatic heterocycles. The first-order valence-electron chi connectivity index (χ1n) is 5.68. The number of benzene rings is 1. The second kappa shape index (κ2) is 5.71. The zero-order valence-electron chi connectivity index (χ0n) is 10.2. The number of hydrogen-bond donors (Lipinski definition) is 0. The third-order valence-electron chi connectivity index (χ3n) is 2.82. The van der Waals surface area contributed by atoms with Gasteiger partial charge in [-0.1, -0.05) is 24.2 Å². The largest absolute Gasteiger partial charge is 0.334 e. The summed E-state index contributed by atoms with van der Waals surface area (Å²) < 4.78 is 52.9. The lowest BCUT2D eigenvalue weighted by Gasteiger charge is -2.31. The molecule has 0 saturated heterocycles. The maximum atomic E-state index is 13.8. The molecule has 1 heterocycles. The molecule has 1 aromatic carbocycles. The molecule has 20 heavy (non-hydrogen) atoms. The highest BCUT2D eigenvalue weighted by Gasteiger charge is 2.26. The van der Waals surface area contributed by atoms with Gasteiger partial charge in [0.1, 0.15) is 11.6 Å². The molecule has 0 spiro atoms. The maximum Gasteiger partial charge on any atom is 0.256 e. The Bertz CT molecular complexity index is 587. The highest BCUT2D eigenvalue weighted by molar-refractivity contribution is 6.32. The zero-order valence-corrected chi connectivity index (χ0v) is 11.0. The fourth-order valence-corrected chi connectivity index (χ4v) is 2.08. The minimum absolute atomic E-state index is 0.0321. The fraction of sp³-hybridized carbons (Fsp3) is 0.143. The van der Waals surface area contributed by atoms with Crippen molar-refractivity contribution >= 4 is 17.3 Å². The van der Waals surface area contributed by atoms with E-state index in [0.717, 1.165) is 17.0 Å². The molecule has 6 heteroatoms. The van der Waals surface area contributed by atoms with Gasteiger partial charge >= 0.3 is 0 Å². The van der Waals surface area contributed by atoms with E-state index in [9.17, 15) is 17.6 Å². The molecule has 0 atom stereocenters. The molecule has 0 amide bonds. The number of allylic oxidation sites excluding steroid dienone is 3. The van der Waals surface area contributed by atoms with E-state index in [1.165, 1.54) is 18.2 Å². The van der Waals surface area contributed by atoms with Crippen LogP contribution in [-0.2, 0) is 0 Å². The lowest BCUT2D eigenvalue weighted by atomic mass is 10.1. The van der Waals surface area contributed by atoms with Crippen LogP contribution in [0.15, 0.2) is 47.7 Å². The topological polar surface area (TPSA) is 3.24 Å². The quantitative estimate of drug-likeness (QED) is 0.742. The smallest absolute Gasteiger partial charge is 0.256 e. The second-order valence-corrected chi connectivity index (χ2v) is 4.52. The predicted molar refractivity (Wildman–Crippen MR) is 70.1 cm³/mol. The van der Waals surface area contributed by atoms with Crippen molar-refractivity contribution in [2.45, 2.75) is 6.43 Å². The van der Waals surface area contributed by atoms with Crippen LogP contribution in [0.4, 0.5) is 17.6 Å². The predicted octanol–water partition coefficient (Wildman–Crippen LogP) is 4.52. The third-order valence-corrected chi connectivity index (χ3v) is 3.16. The Labute approximate surface area is 118 Å². The second-order valence-electron chi connectivity index (χ2n) is 4.11. The number of rotatable bonds is 3. The summed E-state index contributed by atoms with van der Waals surface area (Å²) in [6.07, 6.45) is -0.0407. The van der Waals surface area contributed by atoms with Gasteiger partial charge in [0.05, 0.1) is 28.5 Å². The Morgan fingerprint density at radius 2 is 1.75 bits per heavy atom. The molecule has 0 aliphatic carbocycles. The molecule has 0 aromatic heterocycles. The first-order valence-corrected chi connectivity index (χ1v) is 6.06. The standard InChI is InChI=1S/C14H10ClF4N/c1-8-9(15)5-6-12(20(8)7-13(18)19)14-10(16)3-2-4-11(14)17/h2-6,13H,1,7H2. The third kappa shape index (κ3) is 2.72. The van der Waals surface area contributed by atoms with Gasteiger partial charge in [0.15, 0.2) is 0 Å². The van der Waals surface area contributed by atoms with Gasteiger partial charge in [-0.2, -0.15) is 0 Å². The Hall–Kier alpha value is -1.75. The monoisotopic (exact) mass is 303 g/mol. The van der Waals surface area contributed by atoms with Crippen molar-refractivity contribution in [3.63, 3.8) is 0 Å². The normalized spacial score (nSPS) is 15.5. The lowest BCUT2D eigenvalue weighted by molar-refractivity contribution is 0.123. The number of halogens is 5. The Morgan fingerprint density at radius 1 is 1.15 bits per heavy atom. The van der Waals surface area contributed by atoms with Crippen LogP contribution in [0.2, 0.25) is 0 Å². The Morgan fingerprint density at radius 3 is 2.30 bits per heavy atom. The summed E-state index contributed by atoms with van der Waals surface area (Å²) in [6, 6.07) is 3.32. The van der Waals surface area contributed by atoms with Crippen LogP contribution in [0.3, 0.4) is 0 Å². The van der Waals surface area contributed by atoms with Gasteiger partial charge in [-0.25, -0.2) is 17.6 Å². The van der Waals surface area contributed by atoms with Gasteiger partial charge in [-0.15, -0.1) is 0 Å². The summed E-state index contributed by atoms with van der Waals surface area (Å²) in [5.74, 6) is -1.68. The number of alkyl halides is 2. The van der Waals surface area contributed by atoms with Gasteiger partial charge < -0.3 is 4.90 Å². The lowest BCUT2D eigenvalue weighted by Crippen LogP contribution is -2.29. The molecule has 0 bridgehead atoms. The first-order chi connectivity index (χ1) is 9.41. The summed E-state index contributed by atoms with van der Waals surface area (Å²) >= 11 is 5.82. The van der Waals surface area contributed by atoms with Crippen molar-refractivity contribution < 1.29 is 17.6 Å². The molecular weight excluding hydrogens is 294 g/mol. The van der Waals surface area contributed by atoms with E-state index in [0.29, 0.717) is 0 Å². The average molecular weight is 304 g/mol. The summed E-state index contributed by atoms with van der Waals surface area (Å²) in [7, 11) is 0. The van der Waals surface area contributed by atoms with Crippen molar-refractivity contribution in [1.29, 1.82) is 0 Å². The van der Waals surface area contributed by atoms with E-state index in [1.54, 1.807) is 0 Å². The minimum Gasteiger partial charge on any atom is -0.334 e. The molecule has 1 nitrogen and oxygen atoms in total. The summed E-state index contributed by atoms with van der Waals surface area (Å²) in [5.41, 5.74) is -0.336. The molecule has 0 fully saturated rings. The summed E-state index contributed by atoms with van der Waals surface area (Å²) in [5, 5.41) is 0.145. The van der Waals surface area contributed by atoms with Gasteiger partial charge in [0, 0.05) is 0 Å². The first kappa shape index (κ1) is 14.7. The van der Waals surface area contributed by atoms with Crippen LogP contribution in [0.1, 0.15) is 5.56 Å². The van der Waals surface area contributed by atoms with Gasteiger partial charge in [0.2, 0.25) is 0 Å². The minimum atomic E-state index is -2.70. The summed E-state index contributed by atoms with van der Waals surface area (Å²) in [4.78, 5) is 1.01. The van der Waals surface area contributed by atoms with Crippen LogP contribution in [0, 0.1) is 11.6 Å². The molecular formula is C14H10ClF4N. The number of nitrogens with zero attached hydrogens (tertiary/aromatic N) is 1. The maximum absolute atomic E-state index is 13.8. The van der Waals surface area contributed by atoms with E-state index >= 15 is 0 Å². The van der Waals surface area contributed by atoms with Crippen molar-refractivity contribution in [2.75, 3.05) is 6.54 Å². The van der Waals surface area contributed by atoms with Gasteiger partial charge in [0.25, 0.3) is 6.43 Å². The molecule has 0 unspecified atom stereocenters. The van der Waals surface area contributed by atoms with Crippen LogP contribution in [0.25, 0.3) is 5.70 Å². The Kier molecular flexibility index (Phi) is 4.18. The molecule has 0 radical (unpaired) electrons. The van der Waals surface area contributed by atoms with E-state index in [2.05, 4.69) is 6.58 Å². The van der Waals surface area contributed by atoms with Gasteiger partial charge in [-0.3, -0.25) is 0 Å². The van der Waals surface area contributed by atoms with E-state index in [1.807, 2.05) is 0 Å². The van der Waals surface area contributed by atoms with Crippen LogP contribution < -0.4 is 0 Å². The molecule has 1 aromatic rings. The van der Waals surface area contributed by atoms with E-state index < -0.39 is 24.6 Å². The SMILES string of the molecule is C=C1C(Cl)=CC=C(c2c(F)cccc2F)N1CC(F)F. The van der Waals surface area contributed by atoms with Crippen LogP contribution >= 0.6 is 11.6 Å². The molecule has 1 aliphatic rings. The van der Waals surface area contributed by atoms with Crippen molar-refractivity contribution in [1.82, 2.24) is 4.90 Å². The molecule has 0 N–H and O–H groups in total.